The van der Waals surface area contributed by atoms with E-state index in [9.17, 15) is 0 Å². The van der Waals surface area contributed by atoms with Gasteiger partial charge in [-0.05, 0) is 45.2 Å². The van der Waals surface area contributed by atoms with Crippen molar-refractivity contribution >= 4 is 40.0 Å². The molecule has 6 aromatic carbocycles. The first-order chi connectivity index (χ1) is 20.6. The molecule has 0 spiro atoms. The van der Waals surface area contributed by atoms with Gasteiger partial charge in [0, 0.05) is 0 Å². The van der Waals surface area contributed by atoms with E-state index in [-0.39, 0.29) is 40.7 Å². The fourth-order valence-corrected chi connectivity index (χ4v) is 13.6. The third kappa shape index (κ3) is 6.50. The van der Waals surface area contributed by atoms with Crippen LogP contribution >= 0.6 is 0 Å². The number of rotatable bonds is 8. The van der Waals surface area contributed by atoms with Gasteiger partial charge in [-0.15, -0.1) is 68.3 Å². The first kappa shape index (κ1) is 37.6. The van der Waals surface area contributed by atoms with E-state index in [4.69, 9.17) is 0 Å². The van der Waals surface area contributed by atoms with Crippen molar-refractivity contribution in [1.29, 1.82) is 0 Å². The molecular weight excluding hydrogens is 735 g/mol. The van der Waals surface area contributed by atoms with E-state index in [1.54, 1.807) is 10.4 Å². The summed E-state index contributed by atoms with van der Waals surface area (Å²) in [4.78, 5) is 0. The molecule has 0 saturated carbocycles. The van der Waals surface area contributed by atoms with E-state index in [1.807, 2.05) is 0 Å². The van der Waals surface area contributed by atoms with Gasteiger partial charge in [-0.1, -0.05) is 127 Å². The van der Waals surface area contributed by atoms with Crippen LogP contribution in [0, 0.1) is 14.9 Å². The largest absolute Gasteiger partial charge is 4.00 e. The van der Waals surface area contributed by atoms with E-state index >= 15 is 0 Å². The van der Waals surface area contributed by atoms with Gasteiger partial charge in [0.15, 0.2) is 0 Å². The molecule has 0 saturated heterocycles. The molecule has 0 radical (unpaired) electrons. The van der Waals surface area contributed by atoms with Gasteiger partial charge in [0.1, 0.15) is 0 Å². The Balaban J connectivity index is 0.00000192. The summed E-state index contributed by atoms with van der Waals surface area (Å²) in [5.74, 6) is 1.03. The minimum atomic E-state index is -2.17. The van der Waals surface area contributed by atoms with Crippen LogP contribution in [-0.2, 0) is 25.8 Å². The van der Waals surface area contributed by atoms with Crippen molar-refractivity contribution in [3.63, 3.8) is 0 Å². The maximum atomic E-state index is 2.57. The van der Waals surface area contributed by atoms with Crippen LogP contribution in [0.15, 0.2) is 109 Å². The number of benzene rings is 4. The topological polar surface area (TPSA) is 0 Å². The van der Waals surface area contributed by atoms with Crippen molar-refractivity contribution in [2.24, 2.45) is 0 Å². The minimum Gasteiger partial charge on any atom is -0.358 e. The van der Waals surface area contributed by atoms with Crippen molar-refractivity contribution in [2.45, 2.75) is 78.3 Å². The fourth-order valence-electron chi connectivity index (χ4n) is 7.75. The molecule has 6 aromatic rings. The van der Waals surface area contributed by atoms with E-state index in [0.29, 0.717) is 22.9 Å². The number of hydrogen-bond acceptors (Lipinski definition) is 0. The number of hydrogen-bond donors (Lipinski definition) is 0. The van der Waals surface area contributed by atoms with E-state index in [2.05, 4.69) is 165 Å². The average molecular weight is 787 g/mol. The van der Waals surface area contributed by atoms with Crippen molar-refractivity contribution < 1.29 is 25.8 Å². The summed E-state index contributed by atoms with van der Waals surface area (Å²) in [6, 6.07) is 42.3. The molecule has 0 amide bonds. The zero-order valence-corrected chi connectivity index (χ0v) is 34.3. The summed E-state index contributed by atoms with van der Waals surface area (Å²) < 4.78 is 0. The molecule has 0 aliphatic heterocycles. The van der Waals surface area contributed by atoms with Crippen LogP contribution in [0.25, 0.3) is 43.8 Å². The third-order valence-electron chi connectivity index (χ3n) is 10.0. The predicted octanol–water partition coefficient (Wildman–Crippen LogP) is 12.3. The Kier molecular flexibility index (Phi) is 12.2. The molecular formula is C44H52HfSi. The van der Waals surface area contributed by atoms with Crippen LogP contribution in [0.2, 0.25) is 11.1 Å². The minimum absolute atomic E-state index is 0. The first-order valence-electron chi connectivity index (χ1n) is 16.2. The van der Waals surface area contributed by atoms with Crippen molar-refractivity contribution in [3.05, 3.63) is 135 Å². The Hall–Kier alpha value is -2.81. The molecule has 236 valence electrons. The predicted molar refractivity (Wildman–Crippen MR) is 206 cm³/mol. The molecule has 2 heteroatoms. The Labute approximate surface area is 299 Å². The Morgan fingerprint density at radius 1 is 0.478 bits per heavy atom. The molecule has 6 rings (SSSR count). The van der Waals surface area contributed by atoms with Crippen LogP contribution in [0.4, 0.5) is 0 Å². The van der Waals surface area contributed by atoms with E-state index < -0.39 is 8.07 Å². The molecule has 46 heavy (non-hydrogen) atoms. The van der Waals surface area contributed by atoms with Crippen LogP contribution in [0.5, 0.6) is 0 Å². The van der Waals surface area contributed by atoms with Crippen LogP contribution in [0.1, 0.15) is 78.4 Å². The Bertz CT molecular complexity index is 1750. The fraction of sp³-hybridized carbons (Fsp3) is 0.273. The van der Waals surface area contributed by atoms with Crippen LogP contribution in [0.3, 0.4) is 0 Å². The maximum Gasteiger partial charge on any atom is 4.00 e. The quantitative estimate of drug-likeness (QED) is 0.106. The molecule has 0 aliphatic carbocycles. The monoisotopic (exact) mass is 788 g/mol. The van der Waals surface area contributed by atoms with Gasteiger partial charge in [0.25, 0.3) is 0 Å². The zero-order chi connectivity index (χ0) is 30.5. The summed E-state index contributed by atoms with van der Waals surface area (Å²) in [5, 5.41) is 8.64. The summed E-state index contributed by atoms with van der Waals surface area (Å²) in [6.07, 6.45) is 0. The summed E-state index contributed by atoms with van der Waals surface area (Å²) in [7, 11) is -2.17. The molecule has 0 aliphatic rings. The Morgan fingerprint density at radius 2 is 0.848 bits per heavy atom. The second-order valence-electron chi connectivity index (χ2n) is 13.8. The van der Waals surface area contributed by atoms with Crippen molar-refractivity contribution in [2.75, 3.05) is 0 Å². The van der Waals surface area contributed by atoms with E-state index in [0.717, 1.165) is 0 Å². The third-order valence-corrected chi connectivity index (χ3v) is 16.1. The van der Waals surface area contributed by atoms with Crippen LogP contribution < -0.4 is 10.4 Å². The van der Waals surface area contributed by atoms with Gasteiger partial charge in [-0.2, -0.15) is 12.1 Å². The van der Waals surface area contributed by atoms with Crippen molar-refractivity contribution in [3.8, 4) is 22.3 Å². The molecule has 0 bridgehead atoms. The van der Waals surface area contributed by atoms with Gasteiger partial charge < -0.3 is 14.9 Å². The second kappa shape index (κ2) is 15.0. The standard InChI is InChI=1S/C42H46Si.2CH3.Hf/c1-27(2)31-13-9-15-33(21-31)39-19-11-17-35-23-37(25-41(35)39)43(29(5)6,30(7)8)38-24-36-18-12-20-40(42(36)26-38)34-16-10-14-32(22-34)28(3)4;;;/h9-30H,1-8H3;2*1H3;/q-2;2*-1;+4. The number of fused-ring (bicyclic) bond motifs is 2. The van der Waals surface area contributed by atoms with Gasteiger partial charge in [0.2, 0.25) is 0 Å². The molecule has 0 nitrogen and oxygen atoms in total. The van der Waals surface area contributed by atoms with Gasteiger partial charge in [-0.25, -0.2) is 0 Å². The molecule has 0 atom stereocenters. The Morgan fingerprint density at radius 3 is 1.20 bits per heavy atom. The normalized spacial score (nSPS) is 11.7. The summed E-state index contributed by atoms with van der Waals surface area (Å²) in [6.45, 7) is 19.0. The summed E-state index contributed by atoms with van der Waals surface area (Å²) in [5.41, 5.74) is 9.25. The molecule has 0 unspecified atom stereocenters. The van der Waals surface area contributed by atoms with Crippen LogP contribution in [-0.4, -0.2) is 8.07 Å². The molecule has 0 N–H and O–H groups in total. The maximum absolute atomic E-state index is 2.57. The second-order valence-corrected chi connectivity index (χ2v) is 19.0. The molecule has 0 fully saturated rings. The summed E-state index contributed by atoms with van der Waals surface area (Å²) >= 11 is 0. The van der Waals surface area contributed by atoms with E-state index in [1.165, 1.54) is 54.9 Å². The average Bonchev–Trinajstić information content (AvgIpc) is 3.62. The first-order valence-corrected chi connectivity index (χ1v) is 18.4. The van der Waals surface area contributed by atoms with Crippen molar-refractivity contribution in [1.82, 2.24) is 0 Å². The zero-order valence-electron chi connectivity index (χ0n) is 29.7. The molecule has 0 aromatic heterocycles. The van der Waals surface area contributed by atoms with Gasteiger partial charge in [-0.3, -0.25) is 0 Å². The molecule has 0 heterocycles. The van der Waals surface area contributed by atoms with Gasteiger partial charge in [0.05, 0.1) is 8.07 Å². The smallest absolute Gasteiger partial charge is 0.358 e. The van der Waals surface area contributed by atoms with Gasteiger partial charge >= 0.3 is 25.8 Å². The SMILES string of the molecule is CC(C)c1cccc(-c2cccc3[cH-]c([Si](c4cc5c(-c6cccc(C(C)C)c6)cccc5[cH-]4)(C(C)C)C(C)C)cc23)c1.[CH3-].[CH3-].[Hf+4].